The molecule has 6 nitrogen and oxygen atoms in total. The second-order valence-corrected chi connectivity index (χ2v) is 5.93. The molecule has 2 rings (SSSR count). The number of hydrogen-bond donors (Lipinski definition) is 2. The lowest BCUT2D eigenvalue weighted by molar-refractivity contribution is -0.138. The van der Waals surface area contributed by atoms with Gasteiger partial charge in [0.25, 0.3) is 0 Å². The Hall–Kier alpha value is -1.30. The van der Waals surface area contributed by atoms with Gasteiger partial charge in [0.15, 0.2) is 0 Å². The molecule has 2 fully saturated rings. The second kappa shape index (κ2) is 6.92. The first-order valence-electron chi connectivity index (χ1n) is 7.52. The van der Waals surface area contributed by atoms with Gasteiger partial charge < -0.3 is 20.2 Å². The van der Waals surface area contributed by atoms with Gasteiger partial charge in [-0.1, -0.05) is 0 Å². The first kappa shape index (κ1) is 15.1. The van der Waals surface area contributed by atoms with Gasteiger partial charge in [-0.15, -0.1) is 0 Å². The van der Waals surface area contributed by atoms with Gasteiger partial charge >= 0.3 is 12.0 Å². The van der Waals surface area contributed by atoms with Crippen molar-refractivity contribution in [3.63, 3.8) is 0 Å². The third-order valence-corrected chi connectivity index (χ3v) is 4.41. The van der Waals surface area contributed by atoms with Gasteiger partial charge in [-0.3, -0.25) is 4.79 Å². The lowest BCUT2D eigenvalue weighted by Gasteiger charge is -2.38. The predicted octanol–water partition coefficient (Wildman–Crippen LogP) is 0.977. The molecule has 2 heterocycles. The van der Waals surface area contributed by atoms with Crippen LogP contribution in [0.3, 0.4) is 0 Å². The summed E-state index contributed by atoms with van der Waals surface area (Å²) in [5.41, 5.74) is 0. The Kier molecular flexibility index (Phi) is 5.23. The van der Waals surface area contributed by atoms with E-state index in [4.69, 9.17) is 5.11 Å². The van der Waals surface area contributed by atoms with Crippen LogP contribution in [0.15, 0.2) is 0 Å². The third-order valence-electron chi connectivity index (χ3n) is 4.41. The van der Waals surface area contributed by atoms with E-state index in [9.17, 15) is 9.59 Å². The molecular weight excluding hydrogens is 258 g/mol. The van der Waals surface area contributed by atoms with Gasteiger partial charge in [0.05, 0.1) is 0 Å². The maximum atomic E-state index is 12.5. The van der Waals surface area contributed by atoms with Crippen LogP contribution in [-0.4, -0.2) is 66.2 Å². The predicted molar refractivity (Wildman–Crippen MR) is 75.6 cm³/mol. The molecule has 2 N–H and O–H groups in total. The zero-order valence-corrected chi connectivity index (χ0v) is 12.2. The maximum absolute atomic E-state index is 12.5. The van der Waals surface area contributed by atoms with E-state index in [1.54, 1.807) is 0 Å². The molecule has 0 aromatic carbocycles. The smallest absolute Gasteiger partial charge is 0.320 e. The highest BCUT2D eigenvalue weighted by Gasteiger charge is 2.30. The van der Waals surface area contributed by atoms with E-state index in [0.717, 1.165) is 45.3 Å². The highest BCUT2D eigenvalue weighted by Crippen LogP contribution is 2.21. The van der Waals surface area contributed by atoms with E-state index in [2.05, 4.69) is 5.32 Å². The van der Waals surface area contributed by atoms with Gasteiger partial charge in [0.1, 0.15) is 0 Å². The number of rotatable bonds is 3. The molecule has 2 saturated heterocycles. The Morgan fingerprint density at radius 3 is 2.65 bits per heavy atom. The van der Waals surface area contributed by atoms with Crippen molar-refractivity contribution in [2.45, 2.75) is 38.1 Å². The van der Waals surface area contributed by atoms with Crippen molar-refractivity contribution in [2.24, 2.45) is 5.92 Å². The summed E-state index contributed by atoms with van der Waals surface area (Å²) in [4.78, 5) is 27.0. The summed E-state index contributed by atoms with van der Waals surface area (Å²) in [6.07, 6.45) is 3.97. The molecule has 114 valence electrons. The van der Waals surface area contributed by atoms with Crippen LogP contribution < -0.4 is 5.32 Å². The molecule has 1 atom stereocenters. The van der Waals surface area contributed by atoms with Crippen molar-refractivity contribution in [1.29, 1.82) is 0 Å². The van der Waals surface area contributed by atoms with Crippen molar-refractivity contribution < 1.29 is 14.7 Å². The minimum atomic E-state index is -0.768. The van der Waals surface area contributed by atoms with Gasteiger partial charge in [-0.05, 0) is 44.7 Å². The largest absolute Gasteiger partial charge is 0.481 e. The van der Waals surface area contributed by atoms with Crippen LogP contribution in [-0.2, 0) is 4.79 Å². The highest BCUT2D eigenvalue weighted by molar-refractivity contribution is 5.75. The molecular formula is C14H25N3O3. The van der Waals surface area contributed by atoms with Crippen molar-refractivity contribution in [2.75, 3.05) is 33.2 Å². The molecule has 2 aliphatic rings. The number of nitrogens with zero attached hydrogens (tertiary/aromatic N) is 2. The number of aliphatic carboxylic acids is 1. The molecule has 2 amide bonds. The number of amides is 2. The van der Waals surface area contributed by atoms with E-state index in [-0.39, 0.29) is 18.4 Å². The summed E-state index contributed by atoms with van der Waals surface area (Å²) in [7, 11) is 1.87. The number of nitrogens with one attached hydrogen (secondary N) is 1. The van der Waals surface area contributed by atoms with Crippen molar-refractivity contribution in [3.05, 3.63) is 0 Å². The normalized spacial score (nSPS) is 24.4. The Labute approximate surface area is 120 Å². The molecule has 0 spiro atoms. The maximum Gasteiger partial charge on any atom is 0.320 e. The number of urea groups is 1. The van der Waals surface area contributed by atoms with E-state index < -0.39 is 5.97 Å². The fourth-order valence-electron chi connectivity index (χ4n) is 3.23. The topological polar surface area (TPSA) is 72.9 Å². The first-order chi connectivity index (χ1) is 9.58. The molecule has 0 aliphatic carbocycles. The first-order valence-corrected chi connectivity index (χ1v) is 7.52. The van der Waals surface area contributed by atoms with Gasteiger partial charge in [-0.2, -0.15) is 0 Å². The zero-order valence-electron chi connectivity index (χ0n) is 12.2. The minimum Gasteiger partial charge on any atom is -0.481 e. The van der Waals surface area contributed by atoms with Crippen molar-refractivity contribution >= 4 is 12.0 Å². The fraction of sp³-hybridized carbons (Fsp3) is 0.857. The summed E-state index contributed by atoms with van der Waals surface area (Å²) >= 11 is 0. The Bertz CT molecular complexity index is 356. The number of carboxylic acids is 1. The highest BCUT2D eigenvalue weighted by atomic mass is 16.4. The second-order valence-electron chi connectivity index (χ2n) is 5.93. The van der Waals surface area contributed by atoms with E-state index >= 15 is 0 Å². The Morgan fingerprint density at radius 2 is 2.00 bits per heavy atom. The molecule has 0 bridgehead atoms. The zero-order chi connectivity index (χ0) is 14.5. The van der Waals surface area contributed by atoms with Crippen LogP contribution in [0, 0.1) is 5.92 Å². The molecule has 1 unspecified atom stereocenters. The Balaban J connectivity index is 1.88. The molecule has 0 saturated carbocycles. The minimum absolute atomic E-state index is 0.0620. The summed E-state index contributed by atoms with van der Waals surface area (Å²) in [6, 6.07) is 0.371. The monoisotopic (exact) mass is 283 g/mol. The lowest BCUT2D eigenvalue weighted by atomic mass is 9.95. The number of likely N-dealkylation sites (tertiary alicyclic amines) is 1. The number of carboxylic acid groups (broad SMARTS) is 1. The molecule has 6 heteroatoms. The number of piperidine rings is 2. The van der Waals surface area contributed by atoms with Crippen LogP contribution in [0.25, 0.3) is 0 Å². The number of carbonyl (C=O) groups excluding carboxylic acids is 1. The number of carbonyl (C=O) groups is 2. The quantitative estimate of drug-likeness (QED) is 0.810. The van der Waals surface area contributed by atoms with Crippen molar-refractivity contribution in [3.8, 4) is 0 Å². The van der Waals surface area contributed by atoms with Crippen LogP contribution in [0.4, 0.5) is 4.79 Å². The van der Waals surface area contributed by atoms with Crippen LogP contribution in [0.2, 0.25) is 0 Å². The average Bonchev–Trinajstić information content (AvgIpc) is 2.46. The van der Waals surface area contributed by atoms with Gasteiger partial charge in [-0.25, -0.2) is 4.79 Å². The molecule has 20 heavy (non-hydrogen) atoms. The molecule has 2 aliphatic heterocycles. The number of hydrogen-bond acceptors (Lipinski definition) is 3. The van der Waals surface area contributed by atoms with Crippen molar-refractivity contribution in [1.82, 2.24) is 15.1 Å². The average molecular weight is 283 g/mol. The summed E-state index contributed by atoms with van der Waals surface area (Å²) < 4.78 is 0. The standard InChI is InChI=1S/C14H25N3O3/c1-16(12-4-6-15-7-5-12)14(20)17-8-2-3-11(10-17)9-13(18)19/h11-12,15H,2-10H2,1H3,(H,18,19). The molecule has 0 aromatic rings. The van der Waals surface area contributed by atoms with Gasteiger partial charge in [0.2, 0.25) is 0 Å². The summed E-state index contributed by atoms with van der Waals surface area (Å²) in [6.45, 7) is 3.26. The van der Waals surface area contributed by atoms with E-state index in [1.165, 1.54) is 0 Å². The summed E-state index contributed by atoms with van der Waals surface area (Å²) in [5.74, 6) is -0.664. The third kappa shape index (κ3) is 3.85. The van der Waals surface area contributed by atoms with E-state index in [0.29, 0.717) is 12.6 Å². The van der Waals surface area contributed by atoms with Crippen LogP contribution in [0.1, 0.15) is 32.1 Å². The van der Waals surface area contributed by atoms with Crippen LogP contribution >= 0.6 is 0 Å². The lowest BCUT2D eigenvalue weighted by Crippen LogP contribution is -2.51. The molecule has 0 radical (unpaired) electrons. The van der Waals surface area contributed by atoms with Gasteiger partial charge in [0, 0.05) is 32.6 Å². The Morgan fingerprint density at radius 1 is 1.30 bits per heavy atom. The van der Waals surface area contributed by atoms with Crippen LogP contribution in [0.5, 0.6) is 0 Å². The van der Waals surface area contributed by atoms with E-state index in [1.807, 2.05) is 16.8 Å². The summed E-state index contributed by atoms with van der Waals surface area (Å²) in [5, 5.41) is 12.2. The SMILES string of the molecule is CN(C(=O)N1CCCC(CC(=O)O)C1)C1CCNCC1. The molecule has 0 aromatic heterocycles. The fourth-order valence-corrected chi connectivity index (χ4v) is 3.23.